The summed E-state index contributed by atoms with van der Waals surface area (Å²) in [6.07, 6.45) is 0.782. The predicted molar refractivity (Wildman–Crippen MR) is 153 cm³/mol. The smallest absolute Gasteiger partial charge is 0.259 e. The summed E-state index contributed by atoms with van der Waals surface area (Å²) < 4.78 is 0. The first-order valence-electron chi connectivity index (χ1n) is 13.3. The summed E-state index contributed by atoms with van der Waals surface area (Å²) >= 11 is 0. The molecule has 0 saturated heterocycles. The van der Waals surface area contributed by atoms with Crippen LogP contribution in [0.4, 0.5) is 11.4 Å². The van der Waals surface area contributed by atoms with Crippen molar-refractivity contribution < 1.29 is 9.59 Å². The molecule has 0 bridgehead atoms. The molecule has 9 nitrogen and oxygen atoms in total. The van der Waals surface area contributed by atoms with Crippen molar-refractivity contribution >= 4 is 29.1 Å². The van der Waals surface area contributed by atoms with Gasteiger partial charge < -0.3 is 16.0 Å². The van der Waals surface area contributed by atoms with E-state index in [0.717, 1.165) is 47.9 Å². The summed E-state index contributed by atoms with van der Waals surface area (Å²) in [4.78, 5) is 37.3. The molecule has 3 aromatic rings. The number of nitrogens with one attached hydrogen (secondary N) is 1. The van der Waals surface area contributed by atoms with Gasteiger partial charge in [-0.15, -0.1) is 0 Å². The van der Waals surface area contributed by atoms with E-state index >= 15 is 0 Å². The third kappa shape index (κ3) is 4.93. The van der Waals surface area contributed by atoms with Crippen LogP contribution in [0.25, 0.3) is 0 Å². The SMILES string of the molecule is N#Cc1ccc(CN2C(=O)C3=C(CCN(Cc4ccc(C(=O)Nc5ccccc5N)cc4)C3)N3CCN=C23)cc1. The average Bonchev–Trinajstić information content (AvgIpc) is 3.47. The minimum absolute atomic E-state index is 0.00633. The first kappa shape index (κ1) is 25.3. The van der Waals surface area contributed by atoms with Gasteiger partial charge in [0.1, 0.15) is 0 Å². The zero-order valence-electron chi connectivity index (χ0n) is 22.0. The Hall–Kier alpha value is -4.94. The number of hydrogen-bond donors (Lipinski definition) is 2. The number of nitrogen functional groups attached to an aromatic ring is 1. The molecule has 3 aromatic carbocycles. The summed E-state index contributed by atoms with van der Waals surface area (Å²) in [6.45, 7) is 3.93. The fourth-order valence-electron chi connectivity index (χ4n) is 5.44. The topological polar surface area (TPSA) is 118 Å². The lowest BCUT2D eigenvalue weighted by Crippen LogP contribution is -2.53. The lowest BCUT2D eigenvalue weighted by molar-refractivity contribution is -0.125. The molecule has 9 heteroatoms. The van der Waals surface area contributed by atoms with Crippen molar-refractivity contribution in [3.63, 3.8) is 0 Å². The van der Waals surface area contributed by atoms with Gasteiger partial charge in [-0.05, 0) is 47.5 Å². The first-order chi connectivity index (χ1) is 19.5. The van der Waals surface area contributed by atoms with E-state index in [1.165, 1.54) is 0 Å². The van der Waals surface area contributed by atoms with Gasteiger partial charge in [-0.2, -0.15) is 5.26 Å². The lowest BCUT2D eigenvalue weighted by atomic mass is 9.99. The molecule has 0 saturated carbocycles. The van der Waals surface area contributed by atoms with E-state index in [0.29, 0.717) is 48.7 Å². The highest BCUT2D eigenvalue weighted by Gasteiger charge is 2.40. The Bertz CT molecular complexity index is 1570. The first-order valence-corrected chi connectivity index (χ1v) is 13.3. The fraction of sp³-hybridized carbons (Fsp3) is 0.226. The van der Waals surface area contributed by atoms with E-state index < -0.39 is 0 Å². The fourth-order valence-corrected chi connectivity index (χ4v) is 5.44. The molecule has 200 valence electrons. The number of rotatable bonds is 6. The molecule has 0 fully saturated rings. The number of fused-ring (bicyclic) bond motifs is 2. The van der Waals surface area contributed by atoms with Crippen molar-refractivity contribution in [2.24, 2.45) is 4.99 Å². The number of nitrogens with two attached hydrogens (primary N) is 1. The number of hydrogen-bond acceptors (Lipinski definition) is 7. The summed E-state index contributed by atoms with van der Waals surface area (Å²) in [6, 6.07) is 24.2. The summed E-state index contributed by atoms with van der Waals surface area (Å²) in [7, 11) is 0. The molecule has 40 heavy (non-hydrogen) atoms. The number of carbonyl (C=O) groups excluding carboxylic acids is 2. The van der Waals surface area contributed by atoms with Gasteiger partial charge in [0.2, 0.25) is 5.96 Å². The van der Waals surface area contributed by atoms with Crippen molar-refractivity contribution in [2.75, 3.05) is 37.2 Å². The Balaban J connectivity index is 1.14. The Kier molecular flexibility index (Phi) is 6.76. The number of guanidine groups is 1. The molecule has 3 heterocycles. The van der Waals surface area contributed by atoms with Crippen molar-refractivity contribution in [3.8, 4) is 6.07 Å². The molecular weight excluding hydrogens is 502 g/mol. The molecule has 0 radical (unpaired) electrons. The van der Waals surface area contributed by atoms with Crippen LogP contribution in [0.2, 0.25) is 0 Å². The van der Waals surface area contributed by atoms with Gasteiger partial charge in [-0.1, -0.05) is 36.4 Å². The molecule has 2 amide bonds. The van der Waals surface area contributed by atoms with Crippen LogP contribution in [0.3, 0.4) is 0 Å². The van der Waals surface area contributed by atoms with E-state index in [-0.39, 0.29) is 11.8 Å². The van der Waals surface area contributed by atoms with Crippen molar-refractivity contribution in [2.45, 2.75) is 19.5 Å². The zero-order chi connectivity index (χ0) is 27.6. The quantitative estimate of drug-likeness (QED) is 0.470. The lowest BCUT2D eigenvalue weighted by Gasteiger charge is -2.42. The highest BCUT2D eigenvalue weighted by Crippen LogP contribution is 2.32. The van der Waals surface area contributed by atoms with Crippen LogP contribution >= 0.6 is 0 Å². The van der Waals surface area contributed by atoms with Gasteiger partial charge in [0.05, 0.1) is 41.7 Å². The second-order valence-corrected chi connectivity index (χ2v) is 10.2. The molecule has 3 aliphatic heterocycles. The number of amides is 2. The molecule has 6 rings (SSSR count). The monoisotopic (exact) mass is 531 g/mol. The minimum atomic E-state index is -0.213. The maximum atomic E-state index is 13.7. The number of nitrogens with zero attached hydrogens (tertiary/aromatic N) is 5. The van der Waals surface area contributed by atoms with Gasteiger partial charge >= 0.3 is 0 Å². The number of para-hydroxylation sites is 2. The highest BCUT2D eigenvalue weighted by molar-refractivity contribution is 6.10. The van der Waals surface area contributed by atoms with Gasteiger partial charge in [-0.25, -0.2) is 0 Å². The van der Waals surface area contributed by atoms with Gasteiger partial charge in [0, 0.05) is 43.9 Å². The summed E-state index contributed by atoms with van der Waals surface area (Å²) in [5.74, 6) is 0.510. The Morgan fingerprint density at radius 3 is 2.45 bits per heavy atom. The summed E-state index contributed by atoms with van der Waals surface area (Å²) in [5.41, 5.74) is 12.1. The number of aliphatic imine (C=N–C) groups is 1. The second-order valence-electron chi connectivity index (χ2n) is 10.2. The molecule has 0 unspecified atom stereocenters. The van der Waals surface area contributed by atoms with Crippen LogP contribution in [-0.4, -0.2) is 58.7 Å². The van der Waals surface area contributed by atoms with Crippen LogP contribution in [0.1, 0.15) is 33.5 Å². The molecular formula is C31H29N7O2. The molecule has 0 aliphatic carbocycles. The van der Waals surface area contributed by atoms with Gasteiger partial charge in [0.15, 0.2) is 0 Å². The van der Waals surface area contributed by atoms with Crippen LogP contribution < -0.4 is 11.1 Å². The Labute approximate surface area is 232 Å². The third-order valence-electron chi connectivity index (χ3n) is 7.54. The third-order valence-corrected chi connectivity index (χ3v) is 7.54. The maximum absolute atomic E-state index is 13.7. The van der Waals surface area contributed by atoms with Crippen LogP contribution in [0.15, 0.2) is 89.1 Å². The van der Waals surface area contributed by atoms with Crippen LogP contribution in [-0.2, 0) is 17.9 Å². The van der Waals surface area contributed by atoms with Crippen molar-refractivity contribution in [1.29, 1.82) is 5.26 Å². The Morgan fingerprint density at radius 2 is 1.70 bits per heavy atom. The number of benzene rings is 3. The van der Waals surface area contributed by atoms with E-state index in [9.17, 15) is 9.59 Å². The number of anilines is 2. The molecule has 3 N–H and O–H groups in total. The van der Waals surface area contributed by atoms with E-state index in [4.69, 9.17) is 11.0 Å². The number of nitriles is 1. The van der Waals surface area contributed by atoms with Gasteiger partial charge in [0.25, 0.3) is 11.8 Å². The zero-order valence-corrected chi connectivity index (χ0v) is 22.0. The molecule has 0 aromatic heterocycles. The molecule has 3 aliphatic rings. The largest absolute Gasteiger partial charge is 0.397 e. The minimum Gasteiger partial charge on any atom is -0.397 e. The van der Waals surface area contributed by atoms with E-state index in [1.54, 1.807) is 29.2 Å². The highest BCUT2D eigenvalue weighted by atomic mass is 16.2. The van der Waals surface area contributed by atoms with Gasteiger partial charge in [-0.3, -0.25) is 24.4 Å². The number of carbonyl (C=O) groups is 2. The van der Waals surface area contributed by atoms with Crippen molar-refractivity contribution in [3.05, 3.63) is 106 Å². The van der Waals surface area contributed by atoms with Crippen LogP contribution in [0, 0.1) is 11.3 Å². The Morgan fingerprint density at radius 1 is 0.975 bits per heavy atom. The molecule has 0 atom stereocenters. The summed E-state index contributed by atoms with van der Waals surface area (Å²) in [5, 5.41) is 12.0. The van der Waals surface area contributed by atoms with E-state index in [1.807, 2.05) is 48.5 Å². The normalized spacial score (nSPS) is 16.8. The second kappa shape index (κ2) is 10.7. The average molecular weight is 532 g/mol. The van der Waals surface area contributed by atoms with Crippen molar-refractivity contribution in [1.82, 2.24) is 14.7 Å². The van der Waals surface area contributed by atoms with E-state index in [2.05, 4.69) is 26.2 Å². The maximum Gasteiger partial charge on any atom is 0.259 e. The van der Waals surface area contributed by atoms with Crippen LogP contribution in [0.5, 0.6) is 0 Å². The molecule has 0 spiro atoms. The standard InChI is InChI=1S/C31H29N7O2/c32-17-21-5-7-23(8-6-21)19-38-30(40)25-20-36(15-13-28(25)37-16-14-34-31(37)38)18-22-9-11-24(12-10-22)29(39)35-27-4-2-1-3-26(27)33/h1-12H,13-16,18-20,33H2,(H,35,39). The predicted octanol–water partition coefficient (Wildman–Crippen LogP) is 3.57.